The van der Waals surface area contributed by atoms with Gasteiger partial charge in [0.25, 0.3) is 0 Å². The van der Waals surface area contributed by atoms with Crippen molar-refractivity contribution in [2.45, 2.75) is 77.5 Å². The molecule has 0 saturated heterocycles. The molecule has 19 heavy (non-hydrogen) atoms. The molecule has 114 valence electrons. The van der Waals surface area contributed by atoms with E-state index in [9.17, 15) is 0 Å². The van der Waals surface area contributed by atoms with Gasteiger partial charge in [0.1, 0.15) is 0 Å². The van der Waals surface area contributed by atoms with Crippen LogP contribution >= 0.6 is 0 Å². The number of hydrogen-bond acceptors (Lipinski definition) is 3. The lowest BCUT2D eigenvalue weighted by atomic mass is 9.82. The highest BCUT2D eigenvalue weighted by Crippen LogP contribution is 2.29. The molecule has 0 aromatic rings. The van der Waals surface area contributed by atoms with Gasteiger partial charge in [-0.3, -0.25) is 0 Å². The van der Waals surface area contributed by atoms with Crippen LogP contribution in [0.1, 0.15) is 59.8 Å². The van der Waals surface area contributed by atoms with Crippen molar-refractivity contribution in [3.8, 4) is 0 Å². The Hall–Kier alpha value is -0.120. The highest BCUT2D eigenvalue weighted by atomic mass is 16.5. The molecule has 1 aliphatic rings. The van der Waals surface area contributed by atoms with E-state index < -0.39 is 0 Å². The quantitative estimate of drug-likeness (QED) is 0.734. The van der Waals surface area contributed by atoms with E-state index in [4.69, 9.17) is 9.47 Å². The number of rotatable bonds is 8. The summed E-state index contributed by atoms with van der Waals surface area (Å²) in [6.07, 6.45) is 6.42. The van der Waals surface area contributed by atoms with Crippen molar-refractivity contribution in [3.05, 3.63) is 0 Å². The molecule has 1 saturated carbocycles. The Labute approximate surface area is 119 Å². The van der Waals surface area contributed by atoms with Crippen molar-refractivity contribution in [3.63, 3.8) is 0 Å². The van der Waals surface area contributed by atoms with E-state index in [0.717, 1.165) is 25.5 Å². The van der Waals surface area contributed by atoms with Crippen LogP contribution in [0.2, 0.25) is 0 Å². The molecular weight excluding hydrogens is 238 g/mol. The molecule has 0 spiro atoms. The summed E-state index contributed by atoms with van der Waals surface area (Å²) in [5.41, 5.74) is -0.0769. The average molecular weight is 271 g/mol. The molecule has 1 rings (SSSR count). The summed E-state index contributed by atoms with van der Waals surface area (Å²) in [5, 5.41) is 3.58. The number of methoxy groups -OCH3 is 1. The minimum Gasteiger partial charge on any atom is -0.379 e. The zero-order chi connectivity index (χ0) is 14.3. The summed E-state index contributed by atoms with van der Waals surface area (Å²) in [4.78, 5) is 0. The third-order valence-electron chi connectivity index (χ3n) is 4.53. The van der Waals surface area contributed by atoms with Gasteiger partial charge in [-0.25, -0.2) is 0 Å². The van der Waals surface area contributed by atoms with Gasteiger partial charge in [-0.2, -0.15) is 0 Å². The molecule has 3 atom stereocenters. The van der Waals surface area contributed by atoms with Gasteiger partial charge in [0.05, 0.1) is 11.7 Å². The molecule has 3 unspecified atom stereocenters. The summed E-state index contributed by atoms with van der Waals surface area (Å²) in [6, 6.07) is 0.540. The Bertz CT molecular complexity index is 243. The van der Waals surface area contributed by atoms with Crippen LogP contribution in [0.25, 0.3) is 0 Å². The first kappa shape index (κ1) is 16.9. The summed E-state index contributed by atoms with van der Waals surface area (Å²) in [5.74, 6) is 0.843. The van der Waals surface area contributed by atoms with Gasteiger partial charge in [0, 0.05) is 19.8 Å². The highest BCUT2D eigenvalue weighted by Gasteiger charge is 2.30. The molecule has 1 aliphatic carbocycles. The minimum atomic E-state index is -0.0769. The molecule has 0 aromatic carbocycles. The van der Waals surface area contributed by atoms with Crippen molar-refractivity contribution >= 4 is 0 Å². The zero-order valence-electron chi connectivity index (χ0n) is 13.5. The molecular formula is C16H33NO2. The lowest BCUT2D eigenvalue weighted by Gasteiger charge is -2.37. The normalized spacial score (nSPS) is 28.6. The maximum absolute atomic E-state index is 6.18. The van der Waals surface area contributed by atoms with Crippen LogP contribution in [-0.2, 0) is 9.47 Å². The molecule has 0 heterocycles. The van der Waals surface area contributed by atoms with Gasteiger partial charge >= 0.3 is 0 Å². The zero-order valence-corrected chi connectivity index (χ0v) is 13.5. The average Bonchev–Trinajstić information content (AvgIpc) is 2.40. The highest BCUT2D eigenvalue weighted by molar-refractivity contribution is 4.85. The number of nitrogens with one attached hydrogen (secondary N) is 1. The standard InChI is InChI=1S/C16H33NO2/c1-6-13-8-9-14(17-7-2)15(12-13)19-11-10-16(3,4)18-5/h13-15,17H,6-12H2,1-5H3. The fourth-order valence-electron chi connectivity index (χ4n) is 2.82. The van der Waals surface area contributed by atoms with Gasteiger partial charge in [0.2, 0.25) is 0 Å². The summed E-state index contributed by atoms with van der Waals surface area (Å²) in [6.45, 7) is 10.5. The molecule has 3 nitrogen and oxygen atoms in total. The van der Waals surface area contributed by atoms with Crippen molar-refractivity contribution in [2.24, 2.45) is 5.92 Å². The Morgan fingerprint density at radius 2 is 1.95 bits per heavy atom. The van der Waals surface area contributed by atoms with E-state index in [1.807, 2.05) is 0 Å². The van der Waals surface area contributed by atoms with Crippen molar-refractivity contribution < 1.29 is 9.47 Å². The number of hydrogen-bond donors (Lipinski definition) is 1. The summed E-state index contributed by atoms with van der Waals surface area (Å²) in [7, 11) is 1.77. The maximum Gasteiger partial charge on any atom is 0.0730 e. The topological polar surface area (TPSA) is 30.5 Å². The SMILES string of the molecule is CCNC1CCC(CC)CC1OCCC(C)(C)OC. The van der Waals surface area contributed by atoms with E-state index in [0.29, 0.717) is 12.1 Å². The van der Waals surface area contributed by atoms with E-state index in [1.165, 1.54) is 25.7 Å². The van der Waals surface area contributed by atoms with E-state index in [1.54, 1.807) is 7.11 Å². The van der Waals surface area contributed by atoms with Crippen LogP contribution in [0.3, 0.4) is 0 Å². The van der Waals surface area contributed by atoms with Gasteiger partial charge in [0.15, 0.2) is 0 Å². The first-order valence-electron chi connectivity index (χ1n) is 7.92. The maximum atomic E-state index is 6.18. The second-order valence-corrected chi connectivity index (χ2v) is 6.37. The molecule has 1 N–H and O–H groups in total. The molecule has 0 aliphatic heterocycles. The van der Waals surface area contributed by atoms with Crippen LogP contribution in [0.5, 0.6) is 0 Å². The van der Waals surface area contributed by atoms with Crippen molar-refractivity contribution in [1.29, 1.82) is 0 Å². The van der Waals surface area contributed by atoms with Gasteiger partial charge in [-0.15, -0.1) is 0 Å². The van der Waals surface area contributed by atoms with Crippen molar-refractivity contribution in [1.82, 2.24) is 5.32 Å². The lowest BCUT2D eigenvalue weighted by Crippen LogP contribution is -2.46. The van der Waals surface area contributed by atoms with E-state index in [-0.39, 0.29) is 5.60 Å². The predicted molar refractivity (Wildman–Crippen MR) is 80.5 cm³/mol. The van der Waals surface area contributed by atoms with Crippen molar-refractivity contribution in [2.75, 3.05) is 20.3 Å². The Morgan fingerprint density at radius 1 is 1.21 bits per heavy atom. The molecule has 0 radical (unpaired) electrons. The second-order valence-electron chi connectivity index (χ2n) is 6.37. The Kier molecular flexibility index (Phi) is 7.33. The first-order chi connectivity index (χ1) is 9.02. The molecule has 1 fully saturated rings. The van der Waals surface area contributed by atoms with Crippen LogP contribution in [0.4, 0.5) is 0 Å². The minimum absolute atomic E-state index is 0.0769. The molecule has 0 bridgehead atoms. The first-order valence-corrected chi connectivity index (χ1v) is 7.92. The van der Waals surface area contributed by atoms with Crippen LogP contribution in [0, 0.1) is 5.92 Å². The largest absolute Gasteiger partial charge is 0.379 e. The third-order valence-corrected chi connectivity index (χ3v) is 4.53. The molecule has 0 aromatic heterocycles. The molecule has 0 amide bonds. The van der Waals surface area contributed by atoms with E-state index in [2.05, 4.69) is 33.0 Å². The fraction of sp³-hybridized carbons (Fsp3) is 1.00. The Morgan fingerprint density at radius 3 is 2.53 bits per heavy atom. The monoisotopic (exact) mass is 271 g/mol. The van der Waals surface area contributed by atoms with Crippen LogP contribution in [0.15, 0.2) is 0 Å². The molecule has 3 heteroatoms. The number of likely N-dealkylation sites (N-methyl/N-ethyl adjacent to an activating group) is 1. The Balaban J connectivity index is 2.41. The fourth-order valence-corrected chi connectivity index (χ4v) is 2.82. The smallest absolute Gasteiger partial charge is 0.0730 e. The summed E-state index contributed by atoms with van der Waals surface area (Å²) >= 11 is 0. The van der Waals surface area contributed by atoms with Gasteiger partial charge in [-0.05, 0) is 52.0 Å². The number of ether oxygens (including phenoxy) is 2. The second kappa shape index (κ2) is 8.23. The predicted octanol–water partition coefficient (Wildman–Crippen LogP) is 3.37. The summed E-state index contributed by atoms with van der Waals surface area (Å²) < 4.78 is 11.6. The van der Waals surface area contributed by atoms with E-state index >= 15 is 0 Å². The van der Waals surface area contributed by atoms with Crippen LogP contribution < -0.4 is 5.32 Å². The van der Waals surface area contributed by atoms with Crippen LogP contribution in [-0.4, -0.2) is 38.0 Å². The van der Waals surface area contributed by atoms with Gasteiger partial charge in [-0.1, -0.05) is 20.3 Å². The lowest BCUT2D eigenvalue weighted by molar-refractivity contribution is -0.0497. The van der Waals surface area contributed by atoms with Gasteiger partial charge < -0.3 is 14.8 Å². The third kappa shape index (κ3) is 5.80.